The monoisotopic (exact) mass is 316 g/mol. The van der Waals surface area contributed by atoms with E-state index in [-0.39, 0.29) is 11.8 Å². The van der Waals surface area contributed by atoms with Crippen LogP contribution in [0.1, 0.15) is 24.0 Å². The van der Waals surface area contributed by atoms with E-state index in [0.717, 1.165) is 16.3 Å². The minimum absolute atomic E-state index is 0.108. The normalized spacial score (nSPS) is 12.4. The van der Waals surface area contributed by atoms with Crippen molar-refractivity contribution < 1.29 is 4.79 Å². The summed E-state index contributed by atoms with van der Waals surface area (Å²) >= 11 is 0. The highest BCUT2D eigenvalue weighted by Crippen LogP contribution is 2.18. The summed E-state index contributed by atoms with van der Waals surface area (Å²) in [6.45, 7) is 2.05. The molecule has 0 radical (unpaired) electrons. The van der Waals surface area contributed by atoms with Gasteiger partial charge in [0.05, 0.1) is 6.42 Å². The lowest BCUT2D eigenvalue weighted by Crippen LogP contribution is -2.20. The second-order valence-electron chi connectivity index (χ2n) is 5.83. The Morgan fingerprint density at radius 1 is 1.00 bits per heavy atom. The Balaban J connectivity index is 1.62. The van der Waals surface area contributed by atoms with E-state index in [1.165, 1.54) is 5.56 Å². The van der Waals surface area contributed by atoms with Gasteiger partial charge in [-0.1, -0.05) is 79.7 Å². The standard InChI is InChI=1S/C21H20N2O/c1-16(17-8-3-2-4-9-17)15-22-23-21(24)14-19-12-7-11-18-10-5-6-13-20(18)19/h2-13,15-16H,14H2,1H3,(H,23,24)/b22-15-/t16-/m1/s1. The number of fused-ring (bicyclic) bond motifs is 1. The van der Waals surface area contributed by atoms with E-state index in [4.69, 9.17) is 0 Å². The molecule has 3 heteroatoms. The van der Waals surface area contributed by atoms with Gasteiger partial charge in [-0.05, 0) is 21.9 Å². The molecule has 1 N–H and O–H groups in total. The summed E-state index contributed by atoms with van der Waals surface area (Å²) in [5.41, 5.74) is 4.81. The first kappa shape index (κ1) is 15.9. The van der Waals surface area contributed by atoms with Gasteiger partial charge in [0.25, 0.3) is 0 Å². The number of rotatable bonds is 5. The summed E-state index contributed by atoms with van der Waals surface area (Å²) in [5.74, 6) is 0.0481. The Labute approximate surface area is 142 Å². The van der Waals surface area contributed by atoms with Gasteiger partial charge in [-0.15, -0.1) is 0 Å². The van der Waals surface area contributed by atoms with Crippen LogP contribution in [-0.2, 0) is 11.2 Å². The maximum atomic E-state index is 12.1. The number of hydrogen-bond acceptors (Lipinski definition) is 2. The first-order valence-electron chi connectivity index (χ1n) is 8.07. The van der Waals surface area contributed by atoms with Crippen molar-refractivity contribution in [3.63, 3.8) is 0 Å². The first-order chi connectivity index (χ1) is 11.7. The number of hydrazone groups is 1. The van der Waals surface area contributed by atoms with E-state index in [1.54, 1.807) is 6.21 Å². The molecule has 0 aliphatic heterocycles. The Bertz CT molecular complexity index is 851. The molecule has 3 aromatic rings. The third-order valence-electron chi connectivity index (χ3n) is 4.04. The number of hydrogen-bond donors (Lipinski definition) is 1. The van der Waals surface area contributed by atoms with Gasteiger partial charge >= 0.3 is 0 Å². The Morgan fingerprint density at radius 2 is 1.71 bits per heavy atom. The van der Waals surface area contributed by atoms with E-state index in [2.05, 4.69) is 41.7 Å². The molecule has 3 nitrogen and oxygen atoms in total. The van der Waals surface area contributed by atoms with Gasteiger partial charge in [0.15, 0.2) is 0 Å². The third-order valence-corrected chi connectivity index (χ3v) is 4.04. The van der Waals surface area contributed by atoms with Crippen LogP contribution in [0.5, 0.6) is 0 Å². The van der Waals surface area contributed by atoms with Gasteiger partial charge in [0.2, 0.25) is 5.91 Å². The predicted octanol–water partition coefficient (Wildman–Crippen LogP) is 4.29. The quantitative estimate of drug-likeness (QED) is 0.554. The molecule has 120 valence electrons. The van der Waals surface area contributed by atoms with E-state index in [1.807, 2.05) is 48.5 Å². The van der Waals surface area contributed by atoms with Crippen LogP contribution in [0, 0.1) is 0 Å². The Kier molecular flexibility index (Phi) is 5.02. The number of nitrogens with zero attached hydrogens (tertiary/aromatic N) is 1. The summed E-state index contributed by atoms with van der Waals surface area (Å²) in [5, 5.41) is 6.35. The van der Waals surface area contributed by atoms with E-state index in [9.17, 15) is 4.79 Å². The molecule has 0 saturated carbocycles. The largest absolute Gasteiger partial charge is 0.273 e. The summed E-state index contributed by atoms with van der Waals surface area (Å²) in [6.07, 6.45) is 2.08. The van der Waals surface area contributed by atoms with Gasteiger partial charge in [-0.2, -0.15) is 5.10 Å². The van der Waals surface area contributed by atoms with Crippen molar-refractivity contribution in [2.45, 2.75) is 19.3 Å². The van der Waals surface area contributed by atoms with Crippen LogP contribution in [-0.4, -0.2) is 12.1 Å². The van der Waals surface area contributed by atoms with Crippen molar-refractivity contribution in [1.29, 1.82) is 0 Å². The van der Waals surface area contributed by atoms with Gasteiger partial charge in [0, 0.05) is 12.1 Å². The van der Waals surface area contributed by atoms with E-state index in [0.29, 0.717) is 6.42 Å². The SMILES string of the molecule is C[C@H](/C=N\NC(=O)Cc1cccc2ccccc12)c1ccccc1. The van der Waals surface area contributed by atoms with Crippen molar-refractivity contribution in [1.82, 2.24) is 5.43 Å². The smallest absolute Gasteiger partial charge is 0.244 e. The lowest BCUT2D eigenvalue weighted by atomic mass is 10.0. The van der Waals surface area contributed by atoms with Crippen LogP contribution in [0.25, 0.3) is 10.8 Å². The Morgan fingerprint density at radius 3 is 2.54 bits per heavy atom. The molecule has 0 aromatic heterocycles. The molecule has 0 unspecified atom stereocenters. The highest BCUT2D eigenvalue weighted by atomic mass is 16.2. The molecule has 1 amide bonds. The van der Waals surface area contributed by atoms with Gasteiger partial charge in [-0.3, -0.25) is 4.79 Å². The zero-order valence-corrected chi connectivity index (χ0v) is 13.6. The van der Waals surface area contributed by atoms with Crippen molar-refractivity contribution >= 4 is 22.9 Å². The second kappa shape index (κ2) is 7.55. The number of benzene rings is 3. The zero-order valence-electron chi connectivity index (χ0n) is 13.6. The van der Waals surface area contributed by atoms with Gasteiger partial charge in [-0.25, -0.2) is 5.43 Å². The van der Waals surface area contributed by atoms with Crippen LogP contribution in [0.2, 0.25) is 0 Å². The molecular formula is C21H20N2O. The first-order valence-corrected chi connectivity index (χ1v) is 8.07. The summed E-state index contributed by atoms with van der Waals surface area (Å²) in [6, 6.07) is 24.2. The van der Waals surface area contributed by atoms with Crippen molar-refractivity contribution in [2.75, 3.05) is 0 Å². The van der Waals surface area contributed by atoms with Crippen molar-refractivity contribution in [3.8, 4) is 0 Å². The maximum absolute atomic E-state index is 12.1. The molecule has 1 atom stereocenters. The lowest BCUT2D eigenvalue weighted by molar-refractivity contribution is -0.120. The third kappa shape index (κ3) is 3.87. The number of amides is 1. The molecular weight excluding hydrogens is 296 g/mol. The average Bonchev–Trinajstić information content (AvgIpc) is 2.63. The minimum Gasteiger partial charge on any atom is -0.273 e. The van der Waals surface area contributed by atoms with Crippen LogP contribution in [0.4, 0.5) is 0 Å². The summed E-state index contributed by atoms with van der Waals surface area (Å²) in [4.78, 5) is 12.1. The molecule has 3 rings (SSSR count). The number of nitrogens with one attached hydrogen (secondary N) is 1. The van der Waals surface area contributed by atoms with Crippen LogP contribution < -0.4 is 5.43 Å². The minimum atomic E-state index is -0.108. The summed E-state index contributed by atoms with van der Waals surface area (Å²) in [7, 11) is 0. The fourth-order valence-electron chi connectivity index (χ4n) is 2.72. The number of carbonyl (C=O) groups excluding carboxylic acids is 1. The van der Waals surface area contributed by atoms with Crippen molar-refractivity contribution in [2.24, 2.45) is 5.10 Å². The fraction of sp³-hybridized carbons (Fsp3) is 0.143. The van der Waals surface area contributed by atoms with Gasteiger partial charge in [0.1, 0.15) is 0 Å². The molecule has 0 aliphatic carbocycles. The summed E-state index contributed by atoms with van der Waals surface area (Å²) < 4.78 is 0. The van der Waals surface area contributed by atoms with E-state index < -0.39 is 0 Å². The molecule has 3 aromatic carbocycles. The molecule has 0 fully saturated rings. The Hall–Kier alpha value is -2.94. The molecule has 0 bridgehead atoms. The molecule has 0 saturated heterocycles. The predicted molar refractivity (Wildman–Crippen MR) is 99.1 cm³/mol. The molecule has 24 heavy (non-hydrogen) atoms. The second-order valence-corrected chi connectivity index (χ2v) is 5.83. The maximum Gasteiger partial charge on any atom is 0.244 e. The highest BCUT2D eigenvalue weighted by molar-refractivity contribution is 5.90. The fourth-order valence-corrected chi connectivity index (χ4v) is 2.72. The van der Waals surface area contributed by atoms with Crippen LogP contribution in [0.15, 0.2) is 77.9 Å². The van der Waals surface area contributed by atoms with Gasteiger partial charge < -0.3 is 0 Å². The highest BCUT2D eigenvalue weighted by Gasteiger charge is 2.06. The van der Waals surface area contributed by atoms with Crippen molar-refractivity contribution in [3.05, 3.63) is 83.9 Å². The molecule has 0 aliphatic rings. The average molecular weight is 316 g/mol. The lowest BCUT2D eigenvalue weighted by Gasteiger charge is -2.07. The topological polar surface area (TPSA) is 41.5 Å². The molecule has 0 spiro atoms. The van der Waals surface area contributed by atoms with E-state index >= 15 is 0 Å². The van der Waals surface area contributed by atoms with Crippen LogP contribution in [0.3, 0.4) is 0 Å². The number of carbonyl (C=O) groups is 1. The molecule has 0 heterocycles. The zero-order chi connectivity index (χ0) is 16.8. The van der Waals surface area contributed by atoms with Crippen LogP contribution >= 0.6 is 0 Å².